The summed E-state index contributed by atoms with van der Waals surface area (Å²) >= 11 is 6.14. The fourth-order valence-electron chi connectivity index (χ4n) is 3.33. The van der Waals surface area contributed by atoms with Gasteiger partial charge in [0, 0.05) is 0 Å². The van der Waals surface area contributed by atoms with Crippen LogP contribution in [0, 0.1) is 0 Å². The van der Waals surface area contributed by atoms with Crippen LogP contribution in [0.15, 0.2) is 90.0 Å². The lowest BCUT2D eigenvalue weighted by molar-refractivity contribution is -0.117. The number of hydrogen-bond acceptors (Lipinski definition) is 4. The number of para-hydroxylation sites is 1. The van der Waals surface area contributed by atoms with Crippen LogP contribution in [0.2, 0.25) is 5.02 Å². The maximum absolute atomic E-state index is 12.8. The molecule has 0 radical (unpaired) electrons. The average Bonchev–Trinajstić information content (AvgIpc) is 2.81. The molecule has 0 saturated heterocycles. The number of rotatable bonds is 6. The number of carbonyl (C=O) groups is 2. The number of amides is 2. The number of fused-ring (bicyclic) bond motifs is 1. The van der Waals surface area contributed by atoms with Crippen LogP contribution in [0.4, 0.5) is 0 Å². The Morgan fingerprint density at radius 3 is 2.41 bits per heavy atom. The molecule has 1 heterocycles. The van der Waals surface area contributed by atoms with E-state index in [2.05, 4.69) is 15.7 Å². The Kier molecular flexibility index (Phi) is 6.28. The molecule has 3 aromatic carbocycles. The molecule has 2 amide bonds. The minimum Gasteiger partial charge on any atom is -0.345 e. The number of aromatic nitrogens is 2. The van der Waals surface area contributed by atoms with Crippen LogP contribution in [0.1, 0.15) is 28.4 Å². The molecule has 0 aliphatic heterocycles. The molecule has 7 nitrogen and oxygen atoms in total. The molecule has 32 heavy (non-hydrogen) atoms. The molecular formula is C24H19ClN4O3. The molecule has 160 valence electrons. The van der Waals surface area contributed by atoms with E-state index < -0.39 is 17.9 Å². The van der Waals surface area contributed by atoms with Gasteiger partial charge in [0.2, 0.25) is 5.91 Å². The second-order valence-corrected chi connectivity index (χ2v) is 7.50. The van der Waals surface area contributed by atoms with Crippen molar-refractivity contribution in [1.29, 1.82) is 0 Å². The van der Waals surface area contributed by atoms with Crippen molar-refractivity contribution in [2.45, 2.75) is 12.5 Å². The van der Waals surface area contributed by atoms with Crippen molar-refractivity contribution in [3.63, 3.8) is 0 Å². The molecule has 1 aromatic heterocycles. The van der Waals surface area contributed by atoms with Crippen molar-refractivity contribution in [3.05, 3.63) is 112 Å². The molecule has 0 spiro atoms. The summed E-state index contributed by atoms with van der Waals surface area (Å²) in [5, 5.41) is 3.57. The van der Waals surface area contributed by atoms with Gasteiger partial charge in [-0.3, -0.25) is 19.8 Å². The third kappa shape index (κ3) is 4.68. The second-order valence-electron chi connectivity index (χ2n) is 7.09. The summed E-state index contributed by atoms with van der Waals surface area (Å²) in [5.74, 6) is -0.862. The lowest BCUT2D eigenvalue weighted by atomic mass is 10.0. The van der Waals surface area contributed by atoms with Gasteiger partial charge in [0.1, 0.15) is 6.33 Å². The number of hydrogen-bond donors (Lipinski definition) is 2. The van der Waals surface area contributed by atoms with Crippen molar-refractivity contribution in [2.24, 2.45) is 0 Å². The summed E-state index contributed by atoms with van der Waals surface area (Å²) in [4.78, 5) is 42.4. The molecule has 0 bridgehead atoms. The molecule has 1 atom stereocenters. The van der Waals surface area contributed by atoms with Crippen LogP contribution >= 0.6 is 11.6 Å². The highest BCUT2D eigenvalue weighted by Gasteiger charge is 2.21. The predicted octanol–water partition coefficient (Wildman–Crippen LogP) is 3.68. The van der Waals surface area contributed by atoms with Gasteiger partial charge in [-0.15, -0.1) is 0 Å². The van der Waals surface area contributed by atoms with Gasteiger partial charge < -0.3 is 5.32 Å². The van der Waals surface area contributed by atoms with Crippen LogP contribution in [0.3, 0.4) is 0 Å². The fourth-order valence-corrected chi connectivity index (χ4v) is 3.55. The summed E-state index contributed by atoms with van der Waals surface area (Å²) in [5.41, 5.74) is 3.76. The third-order valence-electron chi connectivity index (χ3n) is 4.93. The zero-order chi connectivity index (χ0) is 22.5. The van der Waals surface area contributed by atoms with Crippen molar-refractivity contribution in [2.75, 3.05) is 5.43 Å². The minimum absolute atomic E-state index is 0.0977. The smallest absolute Gasteiger partial charge is 0.280 e. The second kappa shape index (κ2) is 9.45. The molecule has 4 rings (SSSR count). The first-order chi connectivity index (χ1) is 15.5. The maximum Gasteiger partial charge on any atom is 0.280 e. The van der Waals surface area contributed by atoms with E-state index in [4.69, 9.17) is 11.6 Å². The summed E-state index contributed by atoms with van der Waals surface area (Å²) in [7, 11) is 0. The Balaban J connectivity index is 1.55. The number of nitrogens with zero attached hydrogens (tertiary/aromatic N) is 2. The number of carbonyl (C=O) groups excluding carboxylic acids is 2. The zero-order valence-corrected chi connectivity index (χ0v) is 17.6. The molecule has 0 aliphatic rings. The molecule has 0 fully saturated rings. The highest BCUT2D eigenvalue weighted by atomic mass is 35.5. The van der Waals surface area contributed by atoms with Crippen LogP contribution in [0.5, 0.6) is 0 Å². The molecule has 0 saturated carbocycles. The largest absolute Gasteiger partial charge is 0.345 e. The van der Waals surface area contributed by atoms with Gasteiger partial charge in [0.05, 0.1) is 34.0 Å². The van der Waals surface area contributed by atoms with E-state index in [9.17, 15) is 14.4 Å². The fraction of sp³-hybridized carbons (Fsp3) is 0.0833. The topological polar surface area (TPSA) is 93.1 Å². The molecule has 0 aliphatic carbocycles. The van der Waals surface area contributed by atoms with Gasteiger partial charge in [-0.1, -0.05) is 66.2 Å². The predicted molar refractivity (Wildman–Crippen MR) is 123 cm³/mol. The van der Waals surface area contributed by atoms with E-state index in [1.165, 1.54) is 6.33 Å². The van der Waals surface area contributed by atoms with Crippen LogP contribution < -0.4 is 16.3 Å². The van der Waals surface area contributed by atoms with Crippen LogP contribution in [0.25, 0.3) is 10.9 Å². The van der Waals surface area contributed by atoms with Gasteiger partial charge in [-0.2, -0.15) is 0 Å². The standard InChI is InChI=1S/C24H19ClN4O3/c25-19-12-6-4-10-17(19)23(31)27-21(16-8-2-1-3-9-16)14-22(30)28-29-15-26-20-13-7-5-11-18(20)24(29)32/h1-13,15,21H,14H2,(H,27,31)(H,28,30). The average molecular weight is 447 g/mol. The first-order valence-corrected chi connectivity index (χ1v) is 10.3. The van der Waals surface area contributed by atoms with Crippen molar-refractivity contribution >= 4 is 34.3 Å². The molecule has 1 unspecified atom stereocenters. The lowest BCUT2D eigenvalue weighted by Gasteiger charge is -2.20. The summed E-state index contributed by atoms with van der Waals surface area (Å²) < 4.78 is 1.04. The van der Waals surface area contributed by atoms with E-state index in [1.54, 1.807) is 48.5 Å². The number of halogens is 1. The van der Waals surface area contributed by atoms with Crippen molar-refractivity contribution < 1.29 is 9.59 Å². The van der Waals surface area contributed by atoms with E-state index in [0.717, 1.165) is 10.2 Å². The van der Waals surface area contributed by atoms with E-state index in [0.29, 0.717) is 21.5 Å². The molecular weight excluding hydrogens is 428 g/mol. The van der Waals surface area contributed by atoms with Gasteiger partial charge in [0.15, 0.2) is 0 Å². The minimum atomic E-state index is -0.635. The van der Waals surface area contributed by atoms with Crippen LogP contribution in [-0.2, 0) is 4.79 Å². The zero-order valence-electron chi connectivity index (χ0n) is 16.9. The Morgan fingerprint density at radius 2 is 1.62 bits per heavy atom. The SMILES string of the molecule is O=C(CC(NC(=O)c1ccccc1Cl)c1ccccc1)Nn1cnc2ccccc2c1=O. The molecule has 2 N–H and O–H groups in total. The summed E-state index contributed by atoms with van der Waals surface area (Å²) in [6, 6.07) is 22.0. The lowest BCUT2D eigenvalue weighted by Crippen LogP contribution is -2.37. The Morgan fingerprint density at radius 1 is 0.938 bits per heavy atom. The van der Waals surface area contributed by atoms with Gasteiger partial charge in [-0.05, 0) is 29.8 Å². The third-order valence-corrected chi connectivity index (χ3v) is 5.26. The normalized spacial score (nSPS) is 11.7. The monoisotopic (exact) mass is 446 g/mol. The first kappa shape index (κ1) is 21.3. The van der Waals surface area contributed by atoms with Gasteiger partial charge in [-0.25, -0.2) is 9.66 Å². The van der Waals surface area contributed by atoms with Gasteiger partial charge >= 0.3 is 0 Å². The van der Waals surface area contributed by atoms with Crippen molar-refractivity contribution in [3.8, 4) is 0 Å². The number of nitrogens with one attached hydrogen (secondary N) is 2. The Hall–Kier alpha value is -3.97. The summed E-state index contributed by atoms with van der Waals surface area (Å²) in [6.45, 7) is 0. The van der Waals surface area contributed by atoms with Crippen molar-refractivity contribution in [1.82, 2.24) is 15.0 Å². The quantitative estimate of drug-likeness (QED) is 0.472. The van der Waals surface area contributed by atoms with Crippen LogP contribution in [-0.4, -0.2) is 21.5 Å². The van der Waals surface area contributed by atoms with Gasteiger partial charge in [0.25, 0.3) is 11.5 Å². The van der Waals surface area contributed by atoms with E-state index >= 15 is 0 Å². The van der Waals surface area contributed by atoms with E-state index in [-0.39, 0.29) is 12.0 Å². The first-order valence-electron chi connectivity index (χ1n) is 9.89. The Bertz CT molecular complexity index is 1340. The molecule has 4 aromatic rings. The Labute approximate surface area is 188 Å². The summed E-state index contributed by atoms with van der Waals surface area (Å²) in [6.07, 6.45) is 1.17. The maximum atomic E-state index is 12.8. The highest BCUT2D eigenvalue weighted by Crippen LogP contribution is 2.20. The number of benzene rings is 3. The highest BCUT2D eigenvalue weighted by molar-refractivity contribution is 6.33. The van der Waals surface area contributed by atoms with E-state index in [1.807, 2.05) is 30.3 Å². The molecule has 8 heteroatoms.